The van der Waals surface area contributed by atoms with Gasteiger partial charge in [-0.25, -0.2) is 4.79 Å². The zero-order valence-electron chi connectivity index (χ0n) is 13.9. The van der Waals surface area contributed by atoms with Crippen molar-refractivity contribution in [3.05, 3.63) is 101 Å². The Hall–Kier alpha value is -2.82. The van der Waals surface area contributed by atoms with Crippen molar-refractivity contribution in [3.63, 3.8) is 0 Å². The molecule has 0 fully saturated rings. The fourth-order valence-corrected chi connectivity index (χ4v) is 3.50. The molecule has 1 heterocycles. The number of anilines is 1. The quantitative estimate of drug-likeness (QED) is 0.714. The van der Waals surface area contributed by atoms with E-state index in [0.717, 1.165) is 5.56 Å². The van der Waals surface area contributed by atoms with Crippen LogP contribution in [0.25, 0.3) is 0 Å². The number of hydrogen-bond acceptors (Lipinski definition) is 2. The van der Waals surface area contributed by atoms with Crippen LogP contribution in [-0.4, -0.2) is 16.0 Å². The highest BCUT2D eigenvalue weighted by Gasteiger charge is 2.46. The highest BCUT2D eigenvalue weighted by atomic mass is 35.5. The van der Waals surface area contributed by atoms with Gasteiger partial charge in [0.25, 0.3) is 0 Å². The second-order valence-corrected chi connectivity index (χ2v) is 6.67. The lowest BCUT2D eigenvalue weighted by Gasteiger charge is -2.44. The average molecular weight is 365 g/mol. The number of hydrogen-bond donors (Lipinski definition) is 2. The van der Waals surface area contributed by atoms with Crippen LogP contribution in [0.2, 0.25) is 5.02 Å². The summed E-state index contributed by atoms with van der Waals surface area (Å²) in [6, 6.07) is 23.5. The highest BCUT2D eigenvalue weighted by molar-refractivity contribution is 6.30. The fourth-order valence-electron chi connectivity index (χ4n) is 3.32. The number of rotatable bonds is 3. The van der Waals surface area contributed by atoms with Gasteiger partial charge in [0.2, 0.25) is 0 Å². The zero-order valence-corrected chi connectivity index (χ0v) is 14.6. The minimum absolute atomic E-state index is 0.254. The predicted octanol–water partition coefficient (Wildman–Crippen LogP) is 4.58. The molecule has 4 nitrogen and oxygen atoms in total. The molecule has 1 aliphatic rings. The maximum Gasteiger partial charge on any atom is 0.324 e. The summed E-state index contributed by atoms with van der Waals surface area (Å²) >= 11 is 6.19. The van der Waals surface area contributed by atoms with E-state index in [4.69, 9.17) is 11.6 Å². The molecule has 5 heteroatoms. The zero-order chi connectivity index (χ0) is 18.1. The molecule has 1 unspecified atom stereocenters. The average Bonchev–Trinajstić information content (AvgIpc) is 2.67. The molecule has 3 aromatic carbocycles. The smallest absolute Gasteiger partial charge is 0.324 e. The lowest BCUT2D eigenvalue weighted by atomic mass is 9.89. The Balaban J connectivity index is 1.90. The van der Waals surface area contributed by atoms with Gasteiger partial charge in [-0.2, -0.15) is 0 Å². The molecular formula is C21H17ClN2O2. The minimum Gasteiger partial charge on any atom is -0.363 e. The summed E-state index contributed by atoms with van der Waals surface area (Å²) in [5, 5.41) is 15.2. The molecule has 4 rings (SSSR count). The number of nitrogens with one attached hydrogen (secondary N) is 1. The van der Waals surface area contributed by atoms with Gasteiger partial charge in [0.1, 0.15) is 0 Å². The van der Waals surface area contributed by atoms with Gasteiger partial charge in [0, 0.05) is 16.1 Å². The monoisotopic (exact) mass is 364 g/mol. The van der Waals surface area contributed by atoms with E-state index in [0.29, 0.717) is 21.8 Å². The Kier molecular flexibility index (Phi) is 4.15. The van der Waals surface area contributed by atoms with Crippen molar-refractivity contribution >= 4 is 23.3 Å². The van der Waals surface area contributed by atoms with Crippen LogP contribution >= 0.6 is 11.6 Å². The Morgan fingerprint density at radius 2 is 1.62 bits per heavy atom. The summed E-state index contributed by atoms with van der Waals surface area (Å²) in [6.45, 7) is 0.254. The number of benzene rings is 3. The van der Waals surface area contributed by atoms with Crippen LogP contribution in [0.15, 0.2) is 78.9 Å². The van der Waals surface area contributed by atoms with Crippen molar-refractivity contribution in [1.82, 2.24) is 4.90 Å². The van der Waals surface area contributed by atoms with Crippen LogP contribution < -0.4 is 5.32 Å². The molecule has 0 saturated carbocycles. The molecule has 1 aliphatic heterocycles. The number of aliphatic hydroxyl groups is 1. The van der Waals surface area contributed by atoms with Crippen LogP contribution in [0.5, 0.6) is 0 Å². The molecule has 2 amide bonds. The summed E-state index contributed by atoms with van der Waals surface area (Å²) in [6.07, 6.45) is 0. The number of halogens is 1. The van der Waals surface area contributed by atoms with Gasteiger partial charge in [-0.1, -0.05) is 72.3 Å². The molecule has 0 radical (unpaired) electrons. The first kappa shape index (κ1) is 16.6. The van der Waals surface area contributed by atoms with E-state index in [2.05, 4.69) is 5.32 Å². The van der Waals surface area contributed by atoms with Crippen molar-refractivity contribution in [2.24, 2.45) is 0 Å². The third-order valence-electron chi connectivity index (χ3n) is 4.59. The van der Waals surface area contributed by atoms with Gasteiger partial charge in [0.05, 0.1) is 12.2 Å². The third-order valence-corrected chi connectivity index (χ3v) is 4.83. The fraction of sp³-hybridized carbons (Fsp3) is 0.0952. The highest BCUT2D eigenvalue weighted by Crippen LogP contribution is 2.43. The van der Waals surface area contributed by atoms with Gasteiger partial charge < -0.3 is 10.4 Å². The van der Waals surface area contributed by atoms with Gasteiger partial charge in [-0.15, -0.1) is 0 Å². The predicted molar refractivity (Wildman–Crippen MR) is 102 cm³/mol. The number of nitrogens with zero attached hydrogens (tertiary/aromatic N) is 1. The van der Waals surface area contributed by atoms with Crippen molar-refractivity contribution in [2.75, 3.05) is 5.32 Å². The Morgan fingerprint density at radius 3 is 2.31 bits per heavy atom. The van der Waals surface area contributed by atoms with Gasteiger partial charge in [-0.05, 0) is 23.8 Å². The summed E-state index contributed by atoms with van der Waals surface area (Å²) < 4.78 is 0. The summed E-state index contributed by atoms with van der Waals surface area (Å²) in [5.74, 6) is 0. The molecular weight excluding hydrogens is 348 g/mol. The lowest BCUT2D eigenvalue weighted by molar-refractivity contribution is -0.0565. The van der Waals surface area contributed by atoms with E-state index in [1.165, 1.54) is 4.90 Å². The number of carbonyl (C=O) groups is 1. The number of urea groups is 1. The van der Waals surface area contributed by atoms with E-state index < -0.39 is 5.72 Å². The molecule has 0 saturated heterocycles. The third kappa shape index (κ3) is 2.73. The minimum atomic E-state index is -1.63. The molecule has 0 aliphatic carbocycles. The second kappa shape index (κ2) is 6.48. The van der Waals surface area contributed by atoms with Crippen LogP contribution in [0, 0.1) is 0 Å². The van der Waals surface area contributed by atoms with Crippen LogP contribution in [0.1, 0.15) is 16.7 Å². The first-order valence-corrected chi connectivity index (χ1v) is 8.67. The molecule has 1 atom stereocenters. The van der Waals surface area contributed by atoms with E-state index in [-0.39, 0.29) is 12.6 Å². The van der Waals surface area contributed by atoms with Crippen LogP contribution in [-0.2, 0) is 12.3 Å². The normalized spacial score (nSPS) is 19.0. The van der Waals surface area contributed by atoms with E-state index in [1.54, 1.807) is 30.3 Å². The summed E-state index contributed by atoms with van der Waals surface area (Å²) in [7, 11) is 0. The first-order valence-electron chi connectivity index (χ1n) is 8.29. The number of carbonyl (C=O) groups excluding carboxylic acids is 1. The molecule has 0 aromatic heterocycles. The maximum atomic E-state index is 12.9. The molecule has 0 bridgehead atoms. The largest absolute Gasteiger partial charge is 0.363 e. The SMILES string of the molecule is O=C1Nc2ccc(Cl)cc2C(O)(c2ccccc2)N1Cc1ccccc1. The molecule has 3 aromatic rings. The van der Waals surface area contributed by atoms with Gasteiger partial charge in [-0.3, -0.25) is 4.90 Å². The molecule has 130 valence electrons. The maximum absolute atomic E-state index is 12.9. The Labute approximate surface area is 156 Å². The van der Waals surface area contributed by atoms with E-state index in [1.807, 2.05) is 48.5 Å². The molecule has 26 heavy (non-hydrogen) atoms. The standard InChI is InChI=1S/C21H17ClN2O2/c22-17-11-12-19-18(13-17)21(26,16-9-5-2-6-10-16)24(20(25)23-19)14-15-7-3-1-4-8-15/h1-13,26H,14H2,(H,23,25). The molecule has 0 spiro atoms. The summed E-state index contributed by atoms with van der Waals surface area (Å²) in [4.78, 5) is 14.3. The first-order chi connectivity index (χ1) is 12.6. The van der Waals surface area contributed by atoms with E-state index >= 15 is 0 Å². The lowest BCUT2D eigenvalue weighted by Crippen LogP contribution is -2.55. The van der Waals surface area contributed by atoms with Crippen molar-refractivity contribution < 1.29 is 9.90 Å². The van der Waals surface area contributed by atoms with E-state index in [9.17, 15) is 9.90 Å². The molecule has 2 N–H and O–H groups in total. The van der Waals surface area contributed by atoms with Crippen molar-refractivity contribution in [2.45, 2.75) is 12.3 Å². The van der Waals surface area contributed by atoms with Crippen LogP contribution in [0.4, 0.5) is 10.5 Å². The Morgan fingerprint density at radius 1 is 0.962 bits per heavy atom. The summed E-state index contributed by atoms with van der Waals surface area (Å²) in [5.41, 5.74) is 0.998. The second-order valence-electron chi connectivity index (χ2n) is 6.23. The number of amides is 2. The van der Waals surface area contributed by atoms with Crippen molar-refractivity contribution in [3.8, 4) is 0 Å². The van der Waals surface area contributed by atoms with Gasteiger partial charge >= 0.3 is 6.03 Å². The van der Waals surface area contributed by atoms with Crippen molar-refractivity contribution in [1.29, 1.82) is 0 Å². The number of fused-ring (bicyclic) bond motifs is 1. The van der Waals surface area contributed by atoms with Gasteiger partial charge in [0.15, 0.2) is 5.72 Å². The Bertz CT molecular complexity index is 947. The van der Waals surface area contributed by atoms with Crippen LogP contribution in [0.3, 0.4) is 0 Å². The topological polar surface area (TPSA) is 52.6 Å².